The molecule has 0 aromatic heterocycles. The molecule has 0 nitrogen and oxygen atoms in total. The van der Waals surface area contributed by atoms with Crippen LogP contribution in [0.1, 0.15) is 37.1 Å². The van der Waals surface area contributed by atoms with Gasteiger partial charge in [-0.1, -0.05) is 50.1 Å². The van der Waals surface area contributed by atoms with Gasteiger partial charge in [0.1, 0.15) is 5.82 Å². The van der Waals surface area contributed by atoms with E-state index in [-0.39, 0.29) is 11.2 Å². The second kappa shape index (κ2) is 5.13. The molecule has 3 rings (SSSR count). The minimum absolute atomic E-state index is 0.0111. The van der Waals surface area contributed by atoms with Crippen molar-refractivity contribution in [3.63, 3.8) is 0 Å². The first-order valence-corrected chi connectivity index (χ1v) is 7.43. The van der Waals surface area contributed by atoms with E-state index < -0.39 is 0 Å². The summed E-state index contributed by atoms with van der Waals surface area (Å²) in [4.78, 5) is 0. The Kier molecular flexibility index (Phi) is 3.49. The molecule has 0 N–H and O–H groups in total. The SMILES string of the molecule is CC1CCCC1C(Cl)c1ccc(F)c2ccccc12. The molecule has 2 heteroatoms. The van der Waals surface area contributed by atoms with Gasteiger partial charge < -0.3 is 0 Å². The van der Waals surface area contributed by atoms with Gasteiger partial charge >= 0.3 is 0 Å². The van der Waals surface area contributed by atoms with Crippen molar-refractivity contribution in [3.8, 4) is 0 Å². The topological polar surface area (TPSA) is 0 Å². The summed E-state index contributed by atoms with van der Waals surface area (Å²) in [5.41, 5.74) is 1.08. The van der Waals surface area contributed by atoms with Gasteiger partial charge in [-0.25, -0.2) is 4.39 Å². The Balaban J connectivity index is 2.07. The van der Waals surface area contributed by atoms with Crippen molar-refractivity contribution in [2.45, 2.75) is 31.6 Å². The summed E-state index contributed by atoms with van der Waals surface area (Å²) >= 11 is 6.72. The van der Waals surface area contributed by atoms with E-state index in [1.54, 1.807) is 6.07 Å². The lowest BCUT2D eigenvalue weighted by atomic mass is 9.88. The van der Waals surface area contributed by atoms with E-state index in [4.69, 9.17) is 11.6 Å². The van der Waals surface area contributed by atoms with Crippen LogP contribution in [0, 0.1) is 17.7 Å². The molecule has 0 radical (unpaired) electrons. The smallest absolute Gasteiger partial charge is 0.131 e. The molecule has 3 unspecified atom stereocenters. The van der Waals surface area contributed by atoms with E-state index in [2.05, 4.69) is 6.92 Å². The van der Waals surface area contributed by atoms with Crippen molar-refractivity contribution in [1.82, 2.24) is 0 Å². The molecule has 3 atom stereocenters. The molecule has 0 saturated heterocycles. The summed E-state index contributed by atoms with van der Waals surface area (Å²) in [6.07, 6.45) is 3.70. The van der Waals surface area contributed by atoms with Crippen molar-refractivity contribution in [1.29, 1.82) is 0 Å². The van der Waals surface area contributed by atoms with Gasteiger partial charge in [0.05, 0.1) is 5.38 Å². The molecule has 1 fully saturated rings. The lowest BCUT2D eigenvalue weighted by Crippen LogP contribution is -2.11. The first-order chi connectivity index (χ1) is 9.18. The molecule has 1 saturated carbocycles. The van der Waals surface area contributed by atoms with Crippen LogP contribution in [0.2, 0.25) is 0 Å². The van der Waals surface area contributed by atoms with E-state index in [0.717, 1.165) is 10.9 Å². The summed E-state index contributed by atoms with van der Waals surface area (Å²) < 4.78 is 13.8. The maximum absolute atomic E-state index is 13.8. The number of alkyl halides is 1. The van der Waals surface area contributed by atoms with Gasteiger partial charge in [-0.05, 0) is 35.3 Å². The van der Waals surface area contributed by atoms with Gasteiger partial charge in [-0.15, -0.1) is 11.6 Å². The molecule has 19 heavy (non-hydrogen) atoms. The third-order valence-electron chi connectivity index (χ3n) is 4.51. The molecule has 1 aliphatic rings. The zero-order valence-electron chi connectivity index (χ0n) is 11.1. The lowest BCUT2D eigenvalue weighted by Gasteiger charge is -2.23. The third kappa shape index (κ3) is 2.25. The van der Waals surface area contributed by atoms with Gasteiger partial charge in [0.2, 0.25) is 0 Å². The van der Waals surface area contributed by atoms with Crippen LogP contribution in [0.15, 0.2) is 36.4 Å². The Hall–Kier alpha value is -1.08. The highest BCUT2D eigenvalue weighted by molar-refractivity contribution is 6.22. The third-order valence-corrected chi connectivity index (χ3v) is 5.06. The second-order valence-corrected chi connectivity index (χ2v) is 6.13. The Morgan fingerprint density at radius 1 is 1.11 bits per heavy atom. The molecular weight excluding hydrogens is 259 g/mol. The van der Waals surface area contributed by atoms with E-state index in [1.807, 2.05) is 30.3 Å². The molecule has 2 aromatic rings. The van der Waals surface area contributed by atoms with Crippen molar-refractivity contribution in [2.75, 3.05) is 0 Å². The van der Waals surface area contributed by atoms with Crippen LogP contribution in [0.3, 0.4) is 0 Å². The Labute approximate surface area is 118 Å². The first kappa shape index (κ1) is 12.9. The fourth-order valence-electron chi connectivity index (χ4n) is 3.37. The number of benzene rings is 2. The molecule has 2 aromatic carbocycles. The van der Waals surface area contributed by atoms with Crippen LogP contribution in [-0.4, -0.2) is 0 Å². The predicted molar refractivity (Wildman–Crippen MR) is 79.0 cm³/mol. The molecule has 0 bridgehead atoms. The van der Waals surface area contributed by atoms with Gasteiger partial charge in [0, 0.05) is 5.39 Å². The molecule has 0 amide bonds. The summed E-state index contributed by atoms with van der Waals surface area (Å²) in [5, 5.41) is 1.63. The quantitative estimate of drug-likeness (QED) is 0.618. The zero-order valence-corrected chi connectivity index (χ0v) is 11.8. The molecular formula is C17H18ClF. The monoisotopic (exact) mass is 276 g/mol. The molecule has 100 valence electrons. The number of hydrogen-bond donors (Lipinski definition) is 0. The van der Waals surface area contributed by atoms with Gasteiger partial charge in [0.25, 0.3) is 0 Å². The Morgan fingerprint density at radius 2 is 1.84 bits per heavy atom. The predicted octanol–water partition coefficient (Wildman–Crippen LogP) is 5.70. The Morgan fingerprint density at radius 3 is 2.53 bits per heavy atom. The van der Waals surface area contributed by atoms with Crippen molar-refractivity contribution >= 4 is 22.4 Å². The van der Waals surface area contributed by atoms with Crippen molar-refractivity contribution < 1.29 is 4.39 Å². The normalized spacial score (nSPS) is 24.8. The van der Waals surface area contributed by atoms with E-state index in [9.17, 15) is 4.39 Å². The van der Waals surface area contributed by atoms with Crippen molar-refractivity contribution in [2.24, 2.45) is 11.8 Å². The van der Waals surface area contributed by atoms with Crippen LogP contribution in [-0.2, 0) is 0 Å². The van der Waals surface area contributed by atoms with Crippen LogP contribution in [0.5, 0.6) is 0 Å². The molecule has 1 aliphatic carbocycles. The Bertz CT molecular complexity index is 593. The maximum atomic E-state index is 13.8. The van der Waals surface area contributed by atoms with E-state index >= 15 is 0 Å². The summed E-state index contributed by atoms with van der Waals surface area (Å²) in [7, 11) is 0. The summed E-state index contributed by atoms with van der Waals surface area (Å²) in [6, 6.07) is 11.0. The first-order valence-electron chi connectivity index (χ1n) is 6.99. The average molecular weight is 277 g/mol. The largest absolute Gasteiger partial charge is 0.206 e. The average Bonchev–Trinajstić information content (AvgIpc) is 2.85. The lowest BCUT2D eigenvalue weighted by molar-refractivity contribution is 0.407. The fourth-order valence-corrected chi connectivity index (χ4v) is 3.93. The zero-order chi connectivity index (χ0) is 13.4. The number of halogens is 2. The second-order valence-electron chi connectivity index (χ2n) is 5.66. The molecule has 0 heterocycles. The maximum Gasteiger partial charge on any atom is 0.131 e. The van der Waals surface area contributed by atoms with Crippen LogP contribution in [0.4, 0.5) is 4.39 Å². The highest BCUT2D eigenvalue weighted by Gasteiger charge is 2.31. The number of rotatable bonds is 2. The molecule has 0 aliphatic heterocycles. The van der Waals surface area contributed by atoms with E-state index in [1.165, 1.54) is 19.3 Å². The van der Waals surface area contributed by atoms with Crippen LogP contribution in [0.25, 0.3) is 10.8 Å². The highest BCUT2D eigenvalue weighted by atomic mass is 35.5. The van der Waals surface area contributed by atoms with Gasteiger partial charge in [-0.3, -0.25) is 0 Å². The van der Waals surface area contributed by atoms with Crippen LogP contribution < -0.4 is 0 Å². The van der Waals surface area contributed by atoms with Gasteiger partial charge in [0.15, 0.2) is 0 Å². The van der Waals surface area contributed by atoms with E-state index in [0.29, 0.717) is 17.2 Å². The highest BCUT2D eigenvalue weighted by Crippen LogP contribution is 2.45. The fraction of sp³-hybridized carbons (Fsp3) is 0.412. The number of hydrogen-bond acceptors (Lipinski definition) is 0. The summed E-state index contributed by atoms with van der Waals surface area (Å²) in [5.74, 6) is 1.00. The van der Waals surface area contributed by atoms with Crippen molar-refractivity contribution in [3.05, 3.63) is 47.8 Å². The minimum atomic E-state index is -0.164. The molecule has 0 spiro atoms. The minimum Gasteiger partial charge on any atom is -0.206 e. The standard InChI is InChI=1S/C17H18ClF/c1-11-5-4-8-12(11)17(18)15-9-10-16(19)14-7-3-2-6-13(14)15/h2-3,6-7,9-12,17H,4-5,8H2,1H3. The van der Waals surface area contributed by atoms with Gasteiger partial charge in [-0.2, -0.15) is 0 Å². The number of fused-ring (bicyclic) bond motifs is 1. The summed E-state index contributed by atoms with van der Waals surface area (Å²) in [6.45, 7) is 2.28. The van der Waals surface area contributed by atoms with Crippen LogP contribution >= 0.6 is 11.6 Å².